The van der Waals surface area contributed by atoms with Crippen molar-refractivity contribution in [3.63, 3.8) is 0 Å². The van der Waals surface area contributed by atoms with Crippen LogP contribution in [-0.4, -0.2) is 10.2 Å². The molecule has 0 aromatic heterocycles. The van der Waals surface area contributed by atoms with Gasteiger partial charge in [-0.3, -0.25) is 0 Å². The van der Waals surface area contributed by atoms with Crippen LogP contribution in [0.3, 0.4) is 0 Å². The monoisotopic (exact) mass is 310 g/mol. The third kappa shape index (κ3) is 3.58. The lowest BCUT2D eigenvalue weighted by atomic mass is 9.85. The lowest BCUT2D eigenvalue weighted by Crippen LogP contribution is -2.11. The molecule has 0 aliphatic carbocycles. The summed E-state index contributed by atoms with van der Waals surface area (Å²) < 4.78 is 0. The zero-order valence-corrected chi connectivity index (χ0v) is 14.9. The summed E-state index contributed by atoms with van der Waals surface area (Å²) >= 11 is 0. The summed E-state index contributed by atoms with van der Waals surface area (Å²) in [6.45, 7) is 12.1. The number of rotatable bonds is 2. The van der Waals surface area contributed by atoms with E-state index in [1.54, 1.807) is 6.07 Å². The first-order valence-corrected chi connectivity index (χ1v) is 7.92. The molecule has 2 aromatic carbocycles. The number of phenolic OH excluding ortho intramolecular Hbond substituents is 2. The molecule has 0 spiro atoms. The topological polar surface area (TPSA) is 40.5 Å². The zero-order chi connectivity index (χ0) is 17.4. The van der Waals surface area contributed by atoms with Crippen LogP contribution in [0.2, 0.25) is 0 Å². The van der Waals surface area contributed by atoms with Crippen LogP contribution in [0.25, 0.3) is 12.2 Å². The van der Waals surface area contributed by atoms with Gasteiger partial charge in [-0.05, 0) is 77.8 Å². The first-order chi connectivity index (χ1) is 10.6. The van der Waals surface area contributed by atoms with Crippen LogP contribution in [0, 0.1) is 20.8 Å². The second kappa shape index (κ2) is 6.11. The summed E-state index contributed by atoms with van der Waals surface area (Å²) in [6, 6.07) is 7.69. The van der Waals surface area contributed by atoms with E-state index >= 15 is 0 Å². The molecule has 0 unspecified atom stereocenters. The molecule has 2 rings (SSSR count). The molecule has 0 aliphatic heterocycles. The van der Waals surface area contributed by atoms with Gasteiger partial charge in [0.2, 0.25) is 0 Å². The predicted molar refractivity (Wildman–Crippen MR) is 98.1 cm³/mol. The Morgan fingerprint density at radius 2 is 1.52 bits per heavy atom. The maximum absolute atomic E-state index is 10.1. The summed E-state index contributed by atoms with van der Waals surface area (Å²) in [4.78, 5) is 0. The Hall–Kier alpha value is -2.22. The second-order valence-electron chi connectivity index (χ2n) is 7.24. The number of aromatic hydroxyl groups is 2. The summed E-state index contributed by atoms with van der Waals surface area (Å²) in [6.07, 6.45) is 4.11. The van der Waals surface area contributed by atoms with Crippen LogP contribution in [0.15, 0.2) is 24.3 Å². The van der Waals surface area contributed by atoms with Crippen molar-refractivity contribution in [1.82, 2.24) is 0 Å². The van der Waals surface area contributed by atoms with E-state index in [9.17, 15) is 10.2 Å². The van der Waals surface area contributed by atoms with Gasteiger partial charge in [-0.1, -0.05) is 39.0 Å². The van der Waals surface area contributed by atoms with E-state index < -0.39 is 0 Å². The fourth-order valence-electron chi connectivity index (χ4n) is 2.72. The van der Waals surface area contributed by atoms with E-state index in [1.165, 1.54) is 0 Å². The SMILES string of the molecule is Cc1cc(C=Cc2ccc(O)c(C(C)(C)C)c2)c(C)c(C)c1O. The maximum Gasteiger partial charge on any atom is 0.121 e. The molecule has 0 heterocycles. The van der Waals surface area contributed by atoms with Gasteiger partial charge in [0.15, 0.2) is 0 Å². The smallest absolute Gasteiger partial charge is 0.121 e. The molecule has 0 aliphatic rings. The average molecular weight is 310 g/mol. The van der Waals surface area contributed by atoms with Crippen molar-refractivity contribution in [3.05, 3.63) is 57.6 Å². The third-order valence-corrected chi connectivity index (χ3v) is 4.38. The molecular formula is C21H26O2. The predicted octanol–water partition coefficient (Wildman–Crippen LogP) is 5.49. The summed E-state index contributed by atoms with van der Waals surface area (Å²) in [5.74, 6) is 0.710. The van der Waals surface area contributed by atoms with Crippen LogP contribution < -0.4 is 0 Å². The third-order valence-electron chi connectivity index (χ3n) is 4.38. The van der Waals surface area contributed by atoms with Gasteiger partial charge >= 0.3 is 0 Å². The number of hydrogen-bond donors (Lipinski definition) is 2. The van der Waals surface area contributed by atoms with Crippen molar-refractivity contribution >= 4 is 12.2 Å². The van der Waals surface area contributed by atoms with E-state index in [2.05, 4.69) is 26.8 Å². The fourth-order valence-corrected chi connectivity index (χ4v) is 2.72. The minimum absolute atomic E-state index is 0.102. The molecule has 0 radical (unpaired) electrons. The summed E-state index contributed by atoms with van der Waals surface area (Å²) in [7, 11) is 0. The molecule has 122 valence electrons. The Bertz CT molecular complexity index is 762. The number of phenols is 2. The van der Waals surface area contributed by atoms with Crippen LogP contribution in [-0.2, 0) is 5.41 Å². The second-order valence-corrected chi connectivity index (χ2v) is 7.24. The highest BCUT2D eigenvalue weighted by molar-refractivity contribution is 5.73. The van der Waals surface area contributed by atoms with Gasteiger partial charge in [0.1, 0.15) is 11.5 Å². The lowest BCUT2D eigenvalue weighted by molar-refractivity contribution is 0.446. The van der Waals surface area contributed by atoms with Gasteiger partial charge in [0, 0.05) is 0 Å². The molecule has 2 heteroatoms. The lowest BCUT2D eigenvalue weighted by Gasteiger charge is -2.20. The summed E-state index contributed by atoms with van der Waals surface area (Å²) in [5.41, 5.74) is 5.88. The molecule has 23 heavy (non-hydrogen) atoms. The molecule has 0 amide bonds. The van der Waals surface area contributed by atoms with Crippen molar-refractivity contribution in [1.29, 1.82) is 0 Å². The standard InChI is InChI=1S/C21H26O2/c1-13-11-17(14(2)15(3)20(13)23)9-7-16-8-10-19(22)18(12-16)21(4,5)6/h7-12,22-23H,1-6H3. The highest BCUT2D eigenvalue weighted by Gasteiger charge is 2.17. The molecule has 0 bridgehead atoms. The Labute approximate surface area is 139 Å². The molecule has 2 nitrogen and oxygen atoms in total. The number of hydrogen-bond acceptors (Lipinski definition) is 2. The Balaban J connectivity index is 2.42. The quantitative estimate of drug-likeness (QED) is 0.720. The number of benzene rings is 2. The van der Waals surface area contributed by atoms with E-state index in [1.807, 2.05) is 45.0 Å². The minimum Gasteiger partial charge on any atom is -0.508 e. The molecule has 2 aromatic rings. The van der Waals surface area contributed by atoms with Gasteiger partial charge in [-0.25, -0.2) is 0 Å². The van der Waals surface area contributed by atoms with E-state index in [-0.39, 0.29) is 5.41 Å². The average Bonchev–Trinajstić information content (AvgIpc) is 2.47. The van der Waals surface area contributed by atoms with Crippen molar-refractivity contribution in [2.24, 2.45) is 0 Å². The van der Waals surface area contributed by atoms with Crippen LogP contribution in [0.4, 0.5) is 0 Å². The summed E-state index contributed by atoms with van der Waals surface area (Å²) in [5, 5.41) is 20.1. The number of aryl methyl sites for hydroxylation is 1. The largest absolute Gasteiger partial charge is 0.508 e. The Morgan fingerprint density at radius 3 is 2.13 bits per heavy atom. The van der Waals surface area contributed by atoms with Crippen LogP contribution in [0.1, 0.15) is 54.2 Å². The maximum atomic E-state index is 10.1. The molecule has 0 saturated heterocycles. The van der Waals surface area contributed by atoms with Crippen LogP contribution >= 0.6 is 0 Å². The van der Waals surface area contributed by atoms with E-state index in [4.69, 9.17) is 0 Å². The zero-order valence-electron chi connectivity index (χ0n) is 14.9. The van der Waals surface area contributed by atoms with Crippen molar-refractivity contribution < 1.29 is 10.2 Å². The molecule has 0 atom stereocenters. The van der Waals surface area contributed by atoms with Crippen molar-refractivity contribution in [2.75, 3.05) is 0 Å². The van der Waals surface area contributed by atoms with Gasteiger partial charge in [-0.15, -0.1) is 0 Å². The first kappa shape index (κ1) is 17.1. The Morgan fingerprint density at radius 1 is 0.870 bits per heavy atom. The molecular weight excluding hydrogens is 284 g/mol. The first-order valence-electron chi connectivity index (χ1n) is 7.92. The van der Waals surface area contributed by atoms with E-state index in [0.29, 0.717) is 11.5 Å². The molecule has 0 fully saturated rings. The van der Waals surface area contributed by atoms with Gasteiger partial charge < -0.3 is 10.2 Å². The van der Waals surface area contributed by atoms with Crippen molar-refractivity contribution in [2.45, 2.75) is 47.0 Å². The Kier molecular flexibility index (Phi) is 4.56. The van der Waals surface area contributed by atoms with E-state index in [0.717, 1.165) is 33.4 Å². The van der Waals surface area contributed by atoms with Gasteiger partial charge in [0.05, 0.1) is 0 Å². The highest BCUT2D eigenvalue weighted by atomic mass is 16.3. The molecule has 0 saturated carbocycles. The normalized spacial score (nSPS) is 12.1. The van der Waals surface area contributed by atoms with Gasteiger partial charge in [-0.2, -0.15) is 0 Å². The fraction of sp³-hybridized carbons (Fsp3) is 0.333. The van der Waals surface area contributed by atoms with Gasteiger partial charge in [0.25, 0.3) is 0 Å². The highest BCUT2D eigenvalue weighted by Crippen LogP contribution is 2.32. The van der Waals surface area contributed by atoms with Crippen molar-refractivity contribution in [3.8, 4) is 11.5 Å². The molecule has 2 N–H and O–H groups in total. The minimum atomic E-state index is -0.102. The van der Waals surface area contributed by atoms with Crippen LogP contribution in [0.5, 0.6) is 11.5 Å².